The highest BCUT2D eigenvalue weighted by Gasteiger charge is 2.21. The number of aryl methyl sites for hydroxylation is 1. The van der Waals surface area contributed by atoms with Crippen molar-refractivity contribution in [3.05, 3.63) is 34.9 Å². The minimum Gasteiger partial charge on any atom is -0.299 e. The van der Waals surface area contributed by atoms with Gasteiger partial charge in [-0.2, -0.15) is 0 Å². The molecule has 0 radical (unpaired) electrons. The highest BCUT2D eigenvalue weighted by atomic mass is 16.1. The normalized spacial score (nSPS) is 21.4. The molecule has 1 unspecified atom stereocenters. The average Bonchev–Trinajstić information content (AvgIpc) is 2.08. The van der Waals surface area contributed by atoms with Crippen LogP contribution in [0, 0.1) is 12.8 Å². The van der Waals surface area contributed by atoms with E-state index in [9.17, 15) is 4.79 Å². The van der Waals surface area contributed by atoms with Crippen LogP contribution >= 0.6 is 0 Å². The first-order valence-electron chi connectivity index (χ1n) is 4.78. The molecule has 0 N–H and O–H groups in total. The van der Waals surface area contributed by atoms with Crippen molar-refractivity contribution < 1.29 is 4.79 Å². The summed E-state index contributed by atoms with van der Waals surface area (Å²) in [4.78, 5) is 11.5. The number of ketones is 1. The fourth-order valence-electron chi connectivity index (χ4n) is 1.92. The zero-order valence-corrected chi connectivity index (χ0v) is 8.13. The van der Waals surface area contributed by atoms with Crippen molar-refractivity contribution in [2.45, 2.75) is 26.7 Å². The zero-order chi connectivity index (χ0) is 9.42. The largest absolute Gasteiger partial charge is 0.299 e. The molecule has 1 aromatic rings. The summed E-state index contributed by atoms with van der Waals surface area (Å²) in [6.45, 7) is 4.09. The van der Waals surface area contributed by atoms with E-state index >= 15 is 0 Å². The summed E-state index contributed by atoms with van der Waals surface area (Å²) < 4.78 is 0. The van der Waals surface area contributed by atoms with Gasteiger partial charge in [0.1, 0.15) is 5.78 Å². The van der Waals surface area contributed by atoms with E-state index in [-0.39, 0.29) is 5.92 Å². The molecule has 0 saturated carbocycles. The standard InChI is InChI=1S/C12H14O/c1-8-3-4-10-6-9(2)12(13)7-11(10)5-8/h3-5,9H,6-7H2,1-2H3. The van der Waals surface area contributed by atoms with E-state index in [1.165, 1.54) is 16.7 Å². The lowest BCUT2D eigenvalue weighted by Gasteiger charge is -2.20. The van der Waals surface area contributed by atoms with Crippen LogP contribution in [0.4, 0.5) is 0 Å². The van der Waals surface area contributed by atoms with E-state index < -0.39 is 0 Å². The topological polar surface area (TPSA) is 17.1 Å². The van der Waals surface area contributed by atoms with Gasteiger partial charge in [0.15, 0.2) is 0 Å². The smallest absolute Gasteiger partial charge is 0.140 e. The summed E-state index contributed by atoms with van der Waals surface area (Å²) in [6.07, 6.45) is 1.56. The first-order valence-corrected chi connectivity index (χ1v) is 4.78. The Morgan fingerprint density at radius 2 is 2.08 bits per heavy atom. The lowest BCUT2D eigenvalue weighted by molar-refractivity contribution is -0.122. The van der Waals surface area contributed by atoms with Gasteiger partial charge in [0.05, 0.1) is 0 Å². The Kier molecular flexibility index (Phi) is 1.95. The predicted octanol–water partition coefficient (Wildman–Crippen LogP) is 2.30. The molecule has 1 aliphatic rings. The van der Waals surface area contributed by atoms with Gasteiger partial charge in [-0.25, -0.2) is 0 Å². The fraction of sp³-hybridized carbons (Fsp3) is 0.417. The Balaban J connectivity index is 2.42. The second-order valence-electron chi connectivity index (χ2n) is 4.02. The summed E-state index contributed by atoms with van der Waals surface area (Å²) in [5.41, 5.74) is 3.85. The summed E-state index contributed by atoms with van der Waals surface area (Å²) >= 11 is 0. The fourth-order valence-corrected chi connectivity index (χ4v) is 1.92. The summed E-state index contributed by atoms with van der Waals surface area (Å²) in [5, 5.41) is 0. The Morgan fingerprint density at radius 3 is 2.85 bits per heavy atom. The van der Waals surface area contributed by atoms with Crippen molar-refractivity contribution in [3.8, 4) is 0 Å². The molecule has 1 aromatic carbocycles. The van der Waals surface area contributed by atoms with Crippen LogP contribution in [-0.2, 0) is 17.6 Å². The van der Waals surface area contributed by atoms with E-state index in [1.54, 1.807) is 0 Å². The highest BCUT2D eigenvalue weighted by molar-refractivity contribution is 5.85. The molecule has 1 atom stereocenters. The third-order valence-electron chi connectivity index (χ3n) is 2.80. The van der Waals surface area contributed by atoms with E-state index in [4.69, 9.17) is 0 Å². The van der Waals surface area contributed by atoms with Crippen molar-refractivity contribution in [2.24, 2.45) is 5.92 Å². The Labute approximate surface area is 78.8 Å². The lowest BCUT2D eigenvalue weighted by atomic mass is 9.83. The number of carbonyl (C=O) groups is 1. The minimum atomic E-state index is 0.218. The lowest BCUT2D eigenvalue weighted by Crippen LogP contribution is -2.22. The van der Waals surface area contributed by atoms with Crippen LogP contribution in [0.15, 0.2) is 18.2 Å². The molecule has 2 rings (SSSR count). The van der Waals surface area contributed by atoms with Gasteiger partial charge in [0.2, 0.25) is 0 Å². The van der Waals surface area contributed by atoms with Crippen LogP contribution in [0.25, 0.3) is 0 Å². The number of fused-ring (bicyclic) bond motifs is 1. The molecule has 0 saturated heterocycles. The Morgan fingerprint density at radius 1 is 1.31 bits per heavy atom. The van der Waals surface area contributed by atoms with Gasteiger partial charge in [-0.1, -0.05) is 30.7 Å². The number of benzene rings is 1. The third kappa shape index (κ3) is 1.51. The third-order valence-corrected chi connectivity index (χ3v) is 2.80. The summed E-state index contributed by atoms with van der Waals surface area (Å²) in [6, 6.07) is 6.42. The maximum absolute atomic E-state index is 11.5. The molecule has 0 amide bonds. The summed E-state index contributed by atoms with van der Waals surface area (Å²) in [7, 11) is 0. The average molecular weight is 174 g/mol. The molecule has 0 aromatic heterocycles. The van der Waals surface area contributed by atoms with Gasteiger partial charge in [-0.05, 0) is 24.5 Å². The first-order chi connectivity index (χ1) is 6.16. The zero-order valence-electron chi connectivity index (χ0n) is 8.13. The van der Waals surface area contributed by atoms with Crippen LogP contribution in [0.1, 0.15) is 23.6 Å². The van der Waals surface area contributed by atoms with Crippen LogP contribution in [0.3, 0.4) is 0 Å². The van der Waals surface area contributed by atoms with Crippen molar-refractivity contribution >= 4 is 5.78 Å². The van der Waals surface area contributed by atoms with Gasteiger partial charge in [-0.3, -0.25) is 4.79 Å². The van der Waals surface area contributed by atoms with Crippen LogP contribution in [0.5, 0.6) is 0 Å². The van der Waals surface area contributed by atoms with E-state index in [0.29, 0.717) is 12.2 Å². The van der Waals surface area contributed by atoms with Gasteiger partial charge in [0, 0.05) is 12.3 Å². The summed E-state index contributed by atoms with van der Waals surface area (Å²) in [5.74, 6) is 0.605. The molecular weight excluding hydrogens is 160 g/mol. The monoisotopic (exact) mass is 174 g/mol. The van der Waals surface area contributed by atoms with Gasteiger partial charge in [-0.15, -0.1) is 0 Å². The molecule has 68 valence electrons. The van der Waals surface area contributed by atoms with Crippen molar-refractivity contribution in [1.29, 1.82) is 0 Å². The molecule has 1 nitrogen and oxygen atoms in total. The Bertz CT molecular complexity index is 352. The van der Waals surface area contributed by atoms with Crippen LogP contribution in [0.2, 0.25) is 0 Å². The molecular formula is C12H14O. The minimum absolute atomic E-state index is 0.218. The Hall–Kier alpha value is -1.11. The van der Waals surface area contributed by atoms with Gasteiger partial charge in [0.25, 0.3) is 0 Å². The number of rotatable bonds is 0. The molecule has 0 heterocycles. The highest BCUT2D eigenvalue weighted by Crippen LogP contribution is 2.23. The first kappa shape index (κ1) is 8.49. The number of Topliss-reactive ketones (excluding diaryl/α,β-unsaturated/α-hetero) is 1. The second-order valence-corrected chi connectivity index (χ2v) is 4.02. The molecule has 1 heteroatoms. The van der Waals surface area contributed by atoms with Crippen molar-refractivity contribution in [2.75, 3.05) is 0 Å². The van der Waals surface area contributed by atoms with E-state index in [0.717, 1.165) is 6.42 Å². The quantitative estimate of drug-likeness (QED) is 0.590. The number of carbonyl (C=O) groups excluding carboxylic acids is 1. The SMILES string of the molecule is Cc1ccc2c(c1)CC(=O)C(C)C2. The number of hydrogen-bond acceptors (Lipinski definition) is 1. The van der Waals surface area contributed by atoms with Crippen molar-refractivity contribution in [1.82, 2.24) is 0 Å². The van der Waals surface area contributed by atoms with Gasteiger partial charge < -0.3 is 0 Å². The maximum atomic E-state index is 11.5. The molecule has 13 heavy (non-hydrogen) atoms. The van der Waals surface area contributed by atoms with Crippen molar-refractivity contribution in [3.63, 3.8) is 0 Å². The van der Waals surface area contributed by atoms with E-state index in [2.05, 4.69) is 25.1 Å². The van der Waals surface area contributed by atoms with Crippen LogP contribution in [-0.4, -0.2) is 5.78 Å². The van der Waals surface area contributed by atoms with Crippen LogP contribution < -0.4 is 0 Å². The number of hydrogen-bond donors (Lipinski definition) is 0. The molecule has 0 aliphatic heterocycles. The predicted molar refractivity (Wildman–Crippen MR) is 52.8 cm³/mol. The molecule has 1 aliphatic carbocycles. The van der Waals surface area contributed by atoms with Gasteiger partial charge >= 0.3 is 0 Å². The second kappa shape index (κ2) is 2.99. The molecule has 0 fully saturated rings. The molecule has 0 bridgehead atoms. The molecule has 0 spiro atoms. The maximum Gasteiger partial charge on any atom is 0.140 e. The van der Waals surface area contributed by atoms with E-state index in [1.807, 2.05) is 6.92 Å².